The van der Waals surface area contributed by atoms with Gasteiger partial charge in [0, 0.05) is 30.1 Å². The molecular formula is C21H18N6O3. The molecule has 1 aromatic carbocycles. The van der Waals surface area contributed by atoms with Crippen LogP contribution in [0.5, 0.6) is 5.75 Å². The Morgan fingerprint density at radius 2 is 1.83 bits per heavy atom. The second-order valence-electron chi connectivity index (χ2n) is 6.61. The van der Waals surface area contributed by atoms with Crippen LogP contribution in [0.1, 0.15) is 17.0 Å². The van der Waals surface area contributed by atoms with Gasteiger partial charge in [0.25, 0.3) is 5.56 Å². The predicted octanol–water partition coefficient (Wildman–Crippen LogP) is 1.89. The van der Waals surface area contributed by atoms with Gasteiger partial charge in [-0.1, -0.05) is 12.1 Å². The van der Waals surface area contributed by atoms with Crippen molar-refractivity contribution in [2.24, 2.45) is 0 Å². The Kier molecular flexibility index (Phi) is 5.17. The number of aromatic nitrogens is 6. The van der Waals surface area contributed by atoms with E-state index >= 15 is 0 Å². The fraction of sp³-hybridized carbons (Fsp3) is 0.143. The molecule has 9 heteroatoms. The third-order valence-corrected chi connectivity index (χ3v) is 4.57. The zero-order valence-corrected chi connectivity index (χ0v) is 16.3. The van der Waals surface area contributed by atoms with Gasteiger partial charge in [-0.15, -0.1) is 5.10 Å². The highest BCUT2D eigenvalue weighted by Gasteiger charge is 2.13. The smallest absolute Gasteiger partial charge is 0.325 e. The van der Waals surface area contributed by atoms with Gasteiger partial charge >= 0.3 is 5.69 Å². The number of aromatic amines is 2. The molecular weight excluding hydrogens is 384 g/mol. The average Bonchev–Trinajstić information content (AvgIpc) is 2.75. The molecule has 0 spiro atoms. The Balaban J connectivity index is 1.69. The maximum absolute atomic E-state index is 12.1. The van der Waals surface area contributed by atoms with Gasteiger partial charge in [0.2, 0.25) is 0 Å². The summed E-state index contributed by atoms with van der Waals surface area (Å²) in [4.78, 5) is 37.0. The van der Waals surface area contributed by atoms with Gasteiger partial charge < -0.3 is 9.72 Å². The van der Waals surface area contributed by atoms with Crippen molar-refractivity contribution >= 4 is 0 Å². The average molecular weight is 402 g/mol. The lowest BCUT2D eigenvalue weighted by Crippen LogP contribution is -2.23. The lowest BCUT2D eigenvalue weighted by atomic mass is 10.1. The summed E-state index contributed by atoms with van der Waals surface area (Å²) in [6, 6.07) is 11.3. The first-order valence-electron chi connectivity index (χ1n) is 9.15. The van der Waals surface area contributed by atoms with Crippen LogP contribution in [-0.4, -0.2) is 37.2 Å². The molecule has 0 radical (unpaired) electrons. The summed E-state index contributed by atoms with van der Waals surface area (Å²) in [5, 5.41) is 8.21. The minimum atomic E-state index is -0.585. The van der Waals surface area contributed by atoms with E-state index < -0.39 is 11.2 Å². The van der Waals surface area contributed by atoms with Crippen molar-refractivity contribution in [2.75, 3.05) is 7.11 Å². The van der Waals surface area contributed by atoms with Gasteiger partial charge in [-0.25, -0.2) is 14.8 Å². The van der Waals surface area contributed by atoms with E-state index in [1.54, 1.807) is 26.3 Å². The standard InChI is InChI=1S/C21H18N6O3/c1-12-16(10-18(27-26-12)17-11-23-21(29)25-20(17)28)19-22-8-7-14(24-19)9-13-3-5-15(30-2)6-4-13/h3-8,10-11H,9H2,1-2H3,(H2,23,25,28,29). The van der Waals surface area contributed by atoms with Crippen LogP contribution in [0.15, 0.2) is 58.4 Å². The molecule has 9 nitrogen and oxygen atoms in total. The van der Waals surface area contributed by atoms with Gasteiger partial charge in [0.05, 0.1) is 18.4 Å². The van der Waals surface area contributed by atoms with Gasteiger partial charge in [-0.3, -0.25) is 9.78 Å². The topological polar surface area (TPSA) is 127 Å². The van der Waals surface area contributed by atoms with Crippen LogP contribution in [-0.2, 0) is 6.42 Å². The van der Waals surface area contributed by atoms with Crippen molar-refractivity contribution in [2.45, 2.75) is 13.3 Å². The van der Waals surface area contributed by atoms with E-state index in [1.807, 2.05) is 30.3 Å². The van der Waals surface area contributed by atoms with Crippen LogP contribution < -0.4 is 16.0 Å². The molecule has 3 aromatic heterocycles. The largest absolute Gasteiger partial charge is 0.497 e. The van der Waals surface area contributed by atoms with E-state index in [2.05, 4.69) is 30.1 Å². The highest BCUT2D eigenvalue weighted by molar-refractivity contribution is 5.66. The zero-order chi connectivity index (χ0) is 21.1. The Morgan fingerprint density at radius 1 is 1.03 bits per heavy atom. The number of nitrogens with zero attached hydrogens (tertiary/aromatic N) is 4. The fourth-order valence-corrected chi connectivity index (χ4v) is 2.99. The summed E-state index contributed by atoms with van der Waals surface area (Å²) in [5.74, 6) is 1.28. The summed E-state index contributed by atoms with van der Waals surface area (Å²) >= 11 is 0. The molecule has 0 bridgehead atoms. The van der Waals surface area contributed by atoms with Crippen LogP contribution in [0.25, 0.3) is 22.6 Å². The molecule has 3 heterocycles. The van der Waals surface area contributed by atoms with Gasteiger partial charge in [-0.05, 0) is 36.8 Å². The molecule has 0 amide bonds. The molecule has 0 aliphatic rings. The first-order chi connectivity index (χ1) is 14.5. The van der Waals surface area contributed by atoms with E-state index in [1.165, 1.54) is 6.20 Å². The van der Waals surface area contributed by atoms with Crippen LogP contribution in [0.4, 0.5) is 0 Å². The summed E-state index contributed by atoms with van der Waals surface area (Å²) in [7, 11) is 1.63. The Bertz CT molecular complexity index is 1310. The third-order valence-electron chi connectivity index (χ3n) is 4.57. The number of ether oxygens (including phenoxy) is 1. The second kappa shape index (κ2) is 8.08. The van der Waals surface area contributed by atoms with Crippen molar-refractivity contribution in [3.05, 3.63) is 86.6 Å². The number of hydrogen-bond donors (Lipinski definition) is 2. The molecule has 0 saturated heterocycles. The van der Waals surface area contributed by atoms with Crippen LogP contribution in [0, 0.1) is 6.92 Å². The van der Waals surface area contributed by atoms with Gasteiger partial charge in [0.15, 0.2) is 5.82 Å². The first kappa shape index (κ1) is 19.2. The van der Waals surface area contributed by atoms with Crippen molar-refractivity contribution in [3.63, 3.8) is 0 Å². The summed E-state index contributed by atoms with van der Waals surface area (Å²) < 4.78 is 5.19. The van der Waals surface area contributed by atoms with Crippen molar-refractivity contribution in [1.29, 1.82) is 0 Å². The van der Waals surface area contributed by atoms with Crippen molar-refractivity contribution < 1.29 is 4.74 Å². The number of methoxy groups -OCH3 is 1. The van der Waals surface area contributed by atoms with E-state index in [9.17, 15) is 9.59 Å². The Hall–Kier alpha value is -4.14. The van der Waals surface area contributed by atoms with Crippen LogP contribution in [0.3, 0.4) is 0 Å². The summed E-state index contributed by atoms with van der Waals surface area (Å²) in [6.07, 6.45) is 3.63. The Morgan fingerprint density at radius 3 is 2.57 bits per heavy atom. The van der Waals surface area contributed by atoms with Gasteiger partial charge in [-0.2, -0.15) is 5.10 Å². The normalized spacial score (nSPS) is 10.7. The Labute approximate surface area is 170 Å². The molecule has 4 aromatic rings. The number of benzene rings is 1. The van der Waals surface area contributed by atoms with Gasteiger partial charge in [0.1, 0.15) is 11.4 Å². The molecule has 0 saturated carbocycles. The predicted molar refractivity (Wildman–Crippen MR) is 110 cm³/mol. The third kappa shape index (κ3) is 4.00. The molecule has 30 heavy (non-hydrogen) atoms. The van der Waals surface area contributed by atoms with E-state index in [4.69, 9.17) is 4.74 Å². The monoisotopic (exact) mass is 402 g/mol. The second-order valence-corrected chi connectivity index (χ2v) is 6.61. The minimum absolute atomic E-state index is 0.206. The lowest BCUT2D eigenvalue weighted by molar-refractivity contribution is 0.414. The highest BCUT2D eigenvalue weighted by atomic mass is 16.5. The number of nitrogens with one attached hydrogen (secondary N) is 2. The minimum Gasteiger partial charge on any atom is -0.497 e. The number of rotatable bonds is 5. The highest BCUT2D eigenvalue weighted by Crippen LogP contribution is 2.23. The molecule has 0 fully saturated rings. The molecule has 0 aliphatic heterocycles. The summed E-state index contributed by atoms with van der Waals surface area (Å²) in [5.41, 5.74) is 2.60. The fourth-order valence-electron chi connectivity index (χ4n) is 2.99. The molecule has 4 rings (SSSR count). The number of aryl methyl sites for hydroxylation is 1. The maximum Gasteiger partial charge on any atom is 0.325 e. The van der Waals surface area contributed by atoms with Crippen molar-refractivity contribution in [1.82, 2.24) is 30.1 Å². The maximum atomic E-state index is 12.1. The lowest BCUT2D eigenvalue weighted by Gasteiger charge is -2.08. The molecule has 0 atom stereocenters. The molecule has 2 N–H and O–H groups in total. The van der Waals surface area contributed by atoms with E-state index in [0.717, 1.165) is 17.0 Å². The quantitative estimate of drug-likeness (QED) is 0.522. The SMILES string of the molecule is COc1ccc(Cc2ccnc(-c3cc(-c4c[nH]c(=O)[nH]c4=O)nnc3C)n2)cc1. The zero-order valence-electron chi connectivity index (χ0n) is 16.3. The summed E-state index contributed by atoms with van der Waals surface area (Å²) in [6.45, 7) is 1.79. The first-order valence-corrected chi connectivity index (χ1v) is 9.15. The van der Waals surface area contributed by atoms with E-state index in [-0.39, 0.29) is 5.56 Å². The molecule has 0 unspecified atom stereocenters. The van der Waals surface area contributed by atoms with Crippen molar-refractivity contribution in [3.8, 4) is 28.4 Å². The van der Waals surface area contributed by atoms with Crippen LogP contribution >= 0.6 is 0 Å². The number of hydrogen-bond acceptors (Lipinski definition) is 7. The van der Waals surface area contributed by atoms with E-state index in [0.29, 0.717) is 29.2 Å². The molecule has 150 valence electrons. The number of H-pyrrole nitrogens is 2. The molecule has 0 aliphatic carbocycles. The van der Waals surface area contributed by atoms with Crippen LogP contribution in [0.2, 0.25) is 0 Å².